The second-order valence-corrected chi connectivity index (χ2v) is 7.37. The van der Waals surface area contributed by atoms with Crippen LogP contribution in [0.3, 0.4) is 0 Å². The van der Waals surface area contributed by atoms with E-state index >= 15 is 0 Å². The van der Waals surface area contributed by atoms with Crippen LogP contribution in [0, 0.1) is 0 Å². The summed E-state index contributed by atoms with van der Waals surface area (Å²) in [5.74, 6) is 0.423. The van der Waals surface area contributed by atoms with Crippen molar-refractivity contribution in [2.24, 2.45) is 0 Å². The van der Waals surface area contributed by atoms with Crippen molar-refractivity contribution in [2.45, 2.75) is 31.1 Å². The second kappa shape index (κ2) is 11.3. The summed E-state index contributed by atoms with van der Waals surface area (Å²) in [6.45, 7) is 6.59. The van der Waals surface area contributed by atoms with Crippen molar-refractivity contribution in [3.8, 4) is 0 Å². The molecule has 2 rings (SSSR count). The first-order chi connectivity index (χ1) is 11.5. The molecule has 0 saturated heterocycles. The van der Waals surface area contributed by atoms with E-state index in [9.17, 15) is 4.79 Å². The zero-order chi connectivity index (χ0) is 17.9. The smallest absolute Gasteiger partial charge is 0.337 e. The molecule has 0 radical (unpaired) electrons. The van der Waals surface area contributed by atoms with Crippen molar-refractivity contribution in [3.63, 3.8) is 0 Å². The first kappa shape index (κ1) is 20.7. The summed E-state index contributed by atoms with van der Waals surface area (Å²) in [6, 6.07) is 16.3. The Hall–Kier alpha value is -1.31. The Labute approximate surface area is 152 Å². The quantitative estimate of drug-likeness (QED) is 0.409. The van der Waals surface area contributed by atoms with Crippen molar-refractivity contribution in [2.75, 3.05) is 20.0 Å². The third-order valence-electron chi connectivity index (χ3n) is 3.85. The van der Waals surface area contributed by atoms with Crippen molar-refractivity contribution >= 4 is 31.6 Å². The summed E-state index contributed by atoms with van der Waals surface area (Å²) in [4.78, 5) is 12.4. The van der Waals surface area contributed by atoms with Gasteiger partial charge in [0.25, 0.3) is 0 Å². The molecule has 2 unspecified atom stereocenters. The van der Waals surface area contributed by atoms with Crippen LogP contribution < -0.4 is 5.30 Å². The highest BCUT2D eigenvalue weighted by Crippen LogP contribution is 2.23. The van der Waals surface area contributed by atoms with Crippen LogP contribution in [0.2, 0.25) is 0 Å². The van der Waals surface area contributed by atoms with E-state index in [4.69, 9.17) is 0 Å². The maximum Gasteiger partial charge on any atom is 0.337 e. The number of ether oxygens (including phenoxy) is 1. The van der Waals surface area contributed by atoms with Gasteiger partial charge in [-0.1, -0.05) is 46.7 Å². The molecule has 0 aliphatic rings. The lowest BCUT2D eigenvalue weighted by atomic mass is 9.99. The van der Waals surface area contributed by atoms with Gasteiger partial charge in [-0.05, 0) is 60.4 Å². The van der Waals surface area contributed by atoms with Gasteiger partial charge in [-0.25, -0.2) is 4.79 Å². The van der Waals surface area contributed by atoms with Crippen LogP contribution in [0.5, 0.6) is 0 Å². The van der Waals surface area contributed by atoms with Crippen LogP contribution in [-0.2, 0) is 4.74 Å². The number of hydrogen-bond donors (Lipinski definition) is 0. The van der Waals surface area contributed by atoms with Gasteiger partial charge >= 0.3 is 5.97 Å². The van der Waals surface area contributed by atoms with Gasteiger partial charge in [0.15, 0.2) is 0 Å². The molecule has 2 atom stereocenters. The predicted octanol–water partition coefficient (Wildman–Crippen LogP) is 5.33. The summed E-state index contributed by atoms with van der Waals surface area (Å²) in [6.07, 6.45) is 3.34. The Bertz CT molecular complexity index is 643. The fourth-order valence-electron chi connectivity index (χ4n) is 2.10. The fourth-order valence-corrected chi connectivity index (χ4v) is 3.13. The first-order valence-electron chi connectivity index (χ1n) is 8.05. The fraction of sp³-hybridized carbons (Fsp3) is 0.350. The number of benzene rings is 2. The first-order valence-corrected chi connectivity index (χ1v) is 10.8. The highest BCUT2D eigenvalue weighted by Gasteiger charge is 2.04. The highest BCUT2D eigenvalue weighted by atomic mass is 32.2. The number of rotatable bonds is 5. The van der Waals surface area contributed by atoms with E-state index < -0.39 is 0 Å². The predicted molar refractivity (Wildman–Crippen MR) is 109 cm³/mol. The molecule has 4 heteroatoms. The van der Waals surface area contributed by atoms with Crippen LogP contribution in [0.1, 0.15) is 42.1 Å². The van der Waals surface area contributed by atoms with Crippen molar-refractivity contribution in [3.05, 3.63) is 59.7 Å². The maximum absolute atomic E-state index is 11.1. The SMILES string of the molecule is CCC(C)c1cccc(SC)c1.COC(=O)c1cccc(PC)c1. The number of hydrogen-bond acceptors (Lipinski definition) is 3. The summed E-state index contributed by atoms with van der Waals surface area (Å²) in [7, 11) is 2.10. The van der Waals surface area contributed by atoms with Crippen LogP contribution in [-0.4, -0.2) is 26.0 Å². The van der Waals surface area contributed by atoms with Crippen LogP contribution in [0.25, 0.3) is 0 Å². The number of carbonyl (C=O) groups is 1. The van der Waals surface area contributed by atoms with E-state index in [2.05, 4.69) is 55.8 Å². The van der Waals surface area contributed by atoms with E-state index in [-0.39, 0.29) is 5.97 Å². The largest absolute Gasteiger partial charge is 0.465 e. The molecular formula is C20H27O2PS. The number of thioether (sulfide) groups is 1. The Kier molecular flexibility index (Phi) is 9.75. The number of methoxy groups -OCH3 is 1. The summed E-state index contributed by atoms with van der Waals surface area (Å²) < 4.78 is 4.60. The maximum atomic E-state index is 11.1. The molecule has 0 fully saturated rings. The molecule has 0 amide bonds. The average Bonchev–Trinajstić information content (AvgIpc) is 2.67. The van der Waals surface area contributed by atoms with Gasteiger partial charge in [-0.2, -0.15) is 0 Å². The molecule has 0 N–H and O–H groups in total. The highest BCUT2D eigenvalue weighted by molar-refractivity contribution is 7.98. The van der Waals surface area contributed by atoms with Gasteiger partial charge in [0.05, 0.1) is 12.7 Å². The average molecular weight is 362 g/mol. The standard InChI is InChI=1S/C11H16S.C9H11O2P/c1-4-9(2)10-6-5-7-11(8-10)12-3;1-11-9(10)7-4-3-5-8(6-7)12-2/h5-9H,4H2,1-3H3;3-6,12H,1-2H3. The van der Waals surface area contributed by atoms with Crippen molar-refractivity contribution in [1.82, 2.24) is 0 Å². The van der Waals surface area contributed by atoms with Gasteiger partial charge in [-0.3, -0.25) is 0 Å². The number of carbonyl (C=O) groups excluding carboxylic acids is 1. The third-order valence-corrected chi connectivity index (χ3v) is 5.46. The van der Waals surface area contributed by atoms with Crippen LogP contribution >= 0.6 is 20.3 Å². The van der Waals surface area contributed by atoms with Gasteiger partial charge in [0, 0.05) is 4.90 Å². The minimum atomic E-state index is -0.268. The van der Waals surface area contributed by atoms with Crippen molar-refractivity contribution in [1.29, 1.82) is 0 Å². The number of esters is 1. The van der Waals surface area contributed by atoms with E-state index in [1.807, 2.05) is 30.0 Å². The van der Waals surface area contributed by atoms with E-state index in [1.165, 1.54) is 29.3 Å². The zero-order valence-electron chi connectivity index (χ0n) is 15.1. The molecule has 0 aliphatic carbocycles. The molecule has 0 saturated carbocycles. The molecular weight excluding hydrogens is 335 g/mol. The van der Waals surface area contributed by atoms with Gasteiger partial charge in [0.1, 0.15) is 0 Å². The zero-order valence-corrected chi connectivity index (χ0v) is 16.9. The van der Waals surface area contributed by atoms with Gasteiger partial charge in [-0.15, -0.1) is 11.8 Å². The molecule has 2 aromatic carbocycles. The Morgan fingerprint density at radius 3 is 2.50 bits per heavy atom. The molecule has 0 aliphatic heterocycles. The topological polar surface area (TPSA) is 26.3 Å². The van der Waals surface area contributed by atoms with Gasteiger partial charge in [0.2, 0.25) is 0 Å². The van der Waals surface area contributed by atoms with E-state index in [0.29, 0.717) is 20.1 Å². The lowest BCUT2D eigenvalue weighted by Crippen LogP contribution is -2.04. The third kappa shape index (κ3) is 6.67. The van der Waals surface area contributed by atoms with Crippen LogP contribution in [0.15, 0.2) is 53.4 Å². The van der Waals surface area contributed by atoms with Gasteiger partial charge < -0.3 is 4.74 Å². The Morgan fingerprint density at radius 1 is 1.21 bits per heavy atom. The molecule has 0 spiro atoms. The van der Waals surface area contributed by atoms with Crippen molar-refractivity contribution < 1.29 is 9.53 Å². The molecule has 2 aromatic rings. The Morgan fingerprint density at radius 2 is 1.92 bits per heavy atom. The monoisotopic (exact) mass is 362 g/mol. The molecule has 2 nitrogen and oxygen atoms in total. The van der Waals surface area contributed by atoms with Crippen LogP contribution in [0.4, 0.5) is 0 Å². The summed E-state index contributed by atoms with van der Waals surface area (Å²) >= 11 is 1.81. The normalized spacial score (nSPS) is 11.7. The lowest BCUT2D eigenvalue weighted by Gasteiger charge is -2.09. The second-order valence-electron chi connectivity index (χ2n) is 5.41. The minimum Gasteiger partial charge on any atom is -0.465 e. The molecule has 24 heavy (non-hydrogen) atoms. The lowest BCUT2D eigenvalue weighted by molar-refractivity contribution is 0.0601. The van der Waals surface area contributed by atoms with E-state index in [0.717, 1.165) is 0 Å². The molecule has 130 valence electrons. The summed E-state index contributed by atoms with van der Waals surface area (Å²) in [5.41, 5.74) is 2.09. The molecule has 0 bridgehead atoms. The van der Waals surface area contributed by atoms with E-state index in [1.54, 1.807) is 6.07 Å². The summed E-state index contributed by atoms with van der Waals surface area (Å²) in [5, 5.41) is 1.18. The Balaban J connectivity index is 0.000000240. The molecule has 0 heterocycles. The minimum absolute atomic E-state index is 0.268. The molecule has 0 aromatic heterocycles.